The van der Waals surface area contributed by atoms with Gasteiger partial charge in [-0.05, 0) is 37.1 Å². The molecular weight excluding hydrogens is 240 g/mol. The molecule has 0 N–H and O–H groups in total. The van der Waals surface area contributed by atoms with Crippen LogP contribution in [0.2, 0.25) is 0 Å². The van der Waals surface area contributed by atoms with Crippen molar-refractivity contribution in [1.29, 1.82) is 0 Å². The Bertz CT molecular complexity index is 465. The smallest absolute Gasteiger partial charge is 0.306 e. The number of rotatable bonds is 6. The van der Waals surface area contributed by atoms with Gasteiger partial charge >= 0.3 is 5.97 Å². The number of allylic oxidation sites excluding steroid dienone is 1. The summed E-state index contributed by atoms with van der Waals surface area (Å²) in [5, 5.41) is 0. The molecule has 0 radical (unpaired) electrons. The number of carbonyl (C=O) groups excluding carboxylic acids is 1. The molecule has 1 aromatic carbocycles. The van der Waals surface area contributed by atoms with E-state index < -0.39 is 5.41 Å². The molecule has 0 aliphatic rings. The lowest BCUT2D eigenvalue weighted by Crippen LogP contribution is -2.24. The first-order valence-electron chi connectivity index (χ1n) is 6.40. The van der Waals surface area contributed by atoms with Gasteiger partial charge < -0.3 is 9.47 Å². The number of carbonyl (C=O) groups is 1. The predicted molar refractivity (Wildman–Crippen MR) is 76.5 cm³/mol. The van der Waals surface area contributed by atoms with Crippen LogP contribution in [0, 0.1) is 6.92 Å². The van der Waals surface area contributed by atoms with Gasteiger partial charge in [-0.25, -0.2) is 0 Å². The van der Waals surface area contributed by atoms with Crippen molar-refractivity contribution in [3.05, 3.63) is 42.0 Å². The average Bonchev–Trinajstić information content (AvgIpc) is 2.38. The molecule has 0 aliphatic heterocycles. The van der Waals surface area contributed by atoms with Gasteiger partial charge in [0.25, 0.3) is 0 Å². The number of hydrogen-bond donors (Lipinski definition) is 0. The highest BCUT2D eigenvalue weighted by Crippen LogP contribution is 2.32. The quantitative estimate of drug-likeness (QED) is 0.582. The number of esters is 1. The molecule has 3 nitrogen and oxygen atoms in total. The minimum atomic E-state index is -0.453. The van der Waals surface area contributed by atoms with E-state index in [-0.39, 0.29) is 12.4 Å². The van der Waals surface area contributed by atoms with Crippen LogP contribution >= 0.6 is 0 Å². The van der Waals surface area contributed by atoms with E-state index in [0.29, 0.717) is 6.61 Å². The van der Waals surface area contributed by atoms with Crippen molar-refractivity contribution >= 4 is 5.97 Å². The van der Waals surface area contributed by atoms with E-state index in [0.717, 1.165) is 16.9 Å². The predicted octanol–water partition coefficient (Wildman–Crippen LogP) is 3.40. The second-order valence-electron chi connectivity index (χ2n) is 4.84. The largest absolute Gasteiger partial charge is 0.497 e. The summed E-state index contributed by atoms with van der Waals surface area (Å²) in [4.78, 5) is 11.7. The number of methoxy groups -OCH3 is 1. The number of hydrogen-bond acceptors (Lipinski definition) is 3. The lowest BCUT2D eigenvalue weighted by atomic mass is 9.79. The Balaban J connectivity index is 3.10. The van der Waals surface area contributed by atoms with Crippen LogP contribution in [0.3, 0.4) is 0 Å². The topological polar surface area (TPSA) is 35.5 Å². The van der Waals surface area contributed by atoms with Crippen molar-refractivity contribution in [2.45, 2.75) is 32.6 Å². The maximum atomic E-state index is 11.7. The fourth-order valence-electron chi connectivity index (χ4n) is 2.00. The fraction of sp³-hybridized carbons (Fsp3) is 0.438. The van der Waals surface area contributed by atoms with Crippen molar-refractivity contribution < 1.29 is 14.3 Å². The average molecular weight is 262 g/mol. The third-order valence-corrected chi connectivity index (χ3v) is 3.21. The van der Waals surface area contributed by atoms with Gasteiger partial charge in [0.05, 0.1) is 20.1 Å². The summed E-state index contributed by atoms with van der Waals surface area (Å²) in [6.45, 7) is 10.0. The summed E-state index contributed by atoms with van der Waals surface area (Å²) in [5.74, 6) is 0.567. The van der Waals surface area contributed by atoms with Crippen LogP contribution in [-0.2, 0) is 14.9 Å². The molecule has 0 saturated carbocycles. The highest BCUT2D eigenvalue weighted by atomic mass is 16.5. The molecule has 1 atom stereocenters. The van der Waals surface area contributed by atoms with Crippen LogP contribution in [0.15, 0.2) is 30.9 Å². The Morgan fingerprint density at radius 3 is 2.63 bits per heavy atom. The van der Waals surface area contributed by atoms with Crippen LogP contribution in [0.4, 0.5) is 0 Å². The standard InChI is InChI=1S/C16H22O3/c1-6-16(4,11-15(17)19-7-2)13-8-12(3)9-14(10-13)18-5/h6,8-10H,1,7,11H2,2-5H3. The summed E-state index contributed by atoms with van der Waals surface area (Å²) in [5.41, 5.74) is 1.64. The van der Waals surface area contributed by atoms with Crippen LogP contribution in [0.25, 0.3) is 0 Å². The normalized spacial score (nSPS) is 13.5. The van der Waals surface area contributed by atoms with Crippen molar-refractivity contribution in [1.82, 2.24) is 0 Å². The molecular formula is C16H22O3. The fourth-order valence-corrected chi connectivity index (χ4v) is 2.00. The van der Waals surface area contributed by atoms with Crippen LogP contribution in [-0.4, -0.2) is 19.7 Å². The lowest BCUT2D eigenvalue weighted by molar-refractivity contribution is -0.144. The zero-order chi connectivity index (χ0) is 14.5. The minimum Gasteiger partial charge on any atom is -0.497 e. The maximum Gasteiger partial charge on any atom is 0.306 e. The minimum absolute atomic E-state index is 0.217. The van der Waals surface area contributed by atoms with Gasteiger partial charge in [-0.2, -0.15) is 0 Å². The maximum absolute atomic E-state index is 11.7. The van der Waals surface area contributed by atoms with E-state index >= 15 is 0 Å². The zero-order valence-corrected chi connectivity index (χ0v) is 12.2. The van der Waals surface area contributed by atoms with Gasteiger partial charge in [0.2, 0.25) is 0 Å². The molecule has 1 aromatic rings. The number of benzene rings is 1. The Labute approximate surface area is 115 Å². The molecule has 1 unspecified atom stereocenters. The molecule has 104 valence electrons. The van der Waals surface area contributed by atoms with E-state index in [2.05, 4.69) is 6.58 Å². The number of ether oxygens (including phenoxy) is 2. The van der Waals surface area contributed by atoms with E-state index in [1.165, 1.54) is 0 Å². The monoisotopic (exact) mass is 262 g/mol. The molecule has 19 heavy (non-hydrogen) atoms. The van der Waals surface area contributed by atoms with E-state index in [4.69, 9.17) is 9.47 Å². The Morgan fingerprint density at radius 2 is 2.11 bits per heavy atom. The number of aryl methyl sites for hydroxylation is 1. The highest BCUT2D eigenvalue weighted by molar-refractivity contribution is 5.72. The summed E-state index contributed by atoms with van der Waals surface area (Å²) in [7, 11) is 1.63. The van der Waals surface area contributed by atoms with E-state index in [1.807, 2.05) is 32.0 Å². The first-order chi connectivity index (χ1) is 8.95. The van der Waals surface area contributed by atoms with Crippen LogP contribution in [0.5, 0.6) is 5.75 Å². The zero-order valence-electron chi connectivity index (χ0n) is 12.2. The Morgan fingerprint density at radius 1 is 1.42 bits per heavy atom. The van der Waals surface area contributed by atoms with Gasteiger partial charge in [-0.15, -0.1) is 6.58 Å². The SMILES string of the molecule is C=CC(C)(CC(=O)OCC)c1cc(C)cc(OC)c1. The Hall–Kier alpha value is -1.77. The first kappa shape index (κ1) is 15.3. The third-order valence-electron chi connectivity index (χ3n) is 3.21. The molecule has 0 aliphatic carbocycles. The molecule has 0 fully saturated rings. The summed E-state index contributed by atoms with van der Waals surface area (Å²) in [6, 6.07) is 5.94. The van der Waals surface area contributed by atoms with Crippen molar-refractivity contribution in [2.75, 3.05) is 13.7 Å². The summed E-state index contributed by atoms with van der Waals surface area (Å²) >= 11 is 0. The lowest BCUT2D eigenvalue weighted by Gasteiger charge is -2.26. The molecule has 0 bridgehead atoms. The van der Waals surface area contributed by atoms with Crippen LogP contribution in [0.1, 0.15) is 31.4 Å². The van der Waals surface area contributed by atoms with Gasteiger partial charge in [0.15, 0.2) is 0 Å². The van der Waals surface area contributed by atoms with Crippen molar-refractivity contribution in [2.24, 2.45) is 0 Å². The molecule has 0 saturated heterocycles. The second-order valence-corrected chi connectivity index (χ2v) is 4.84. The summed E-state index contributed by atoms with van der Waals surface area (Å²) < 4.78 is 10.3. The van der Waals surface area contributed by atoms with Gasteiger partial charge in [-0.1, -0.05) is 19.1 Å². The molecule has 0 heterocycles. The highest BCUT2D eigenvalue weighted by Gasteiger charge is 2.27. The first-order valence-corrected chi connectivity index (χ1v) is 6.40. The van der Waals surface area contributed by atoms with Crippen molar-refractivity contribution in [3.8, 4) is 5.75 Å². The molecule has 0 aromatic heterocycles. The van der Waals surface area contributed by atoms with Crippen molar-refractivity contribution in [3.63, 3.8) is 0 Å². The van der Waals surface area contributed by atoms with Gasteiger partial charge in [0, 0.05) is 5.41 Å². The van der Waals surface area contributed by atoms with Gasteiger partial charge in [0.1, 0.15) is 5.75 Å². The molecule has 0 amide bonds. The second kappa shape index (κ2) is 6.41. The van der Waals surface area contributed by atoms with Gasteiger partial charge in [-0.3, -0.25) is 4.79 Å². The third kappa shape index (κ3) is 3.85. The van der Waals surface area contributed by atoms with E-state index in [1.54, 1.807) is 20.1 Å². The molecule has 0 spiro atoms. The Kier molecular flexibility index (Phi) is 5.16. The van der Waals surface area contributed by atoms with E-state index in [9.17, 15) is 4.79 Å². The molecule has 3 heteroatoms. The summed E-state index contributed by atoms with van der Waals surface area (Å²) in [6.07, 6.45) is 2.06. The molecule has 1 rings (SSSR count). The van der Waals surface area contributed by atoms with Crippen LogP contribution < -0.4 is 4.74 Å².